The molecular weight excluding hydrogens is 247 g/mol. The Morgan fingerprint density at radius 3 is 2.22 bits per heavy atom. The summed E-state index contributed by atoms with van der Waals surface area (Å²) in [5, 5.41) is 0. The fourth-order valence-electron chi connectivity index (χ4n) is 1.67. The predicted molar refractivity (Wildman–Crippen MR) is 72.7 cm³/mol. The zero-order valence-corrected chi connectivity index (χ0v) is 10.8. The van der Waals surface area contributed by atoms with Crippen molar-refractivity contribution >= 4 is 17.5 Å². The predicted octanol–water partition coefficient (Wildman–Crippen LogP) is 3.97. The van der Waals surface area contributed by atoms with Crippen molar-refractivity contribution in [2.45, 2.75) is 11.3 Å². The van der Waals surface area contributed by atoms with Gasteiger partial charge in [-0.1, -0.05) is 24.3 Å². The lowest BCUT2D eigenvalue weighted by Crippen LogP contribution is -2.03. The molecule has 0 radical (unpaired) electrons. The monoisotopic (exact) mass is 260 g/mol. The second-order valence-electron chi connectivity index (χ2n) is 3.95. The second-order valence-corrected chi connectivity index (χ2v) is 4.83. The highest BCUT2D eigenvalue weighted by Gasteiger charge is 2.07. The molecule has 1 nitrogen and oxygen atoms in total. The van der Waals surface area contributed by atoms with E-state index in [0.717, 1.165) is 10.5 Å². The zero-order chi connectivity index (χ0) is 13.0. The van der Waals surface area contributed by atoms with Crippen LogP contribution in [0.25, 0.3) is 0 Å². The highest BCUT2D eigenvalue weighted by Crippen LogP contribution is 2.16. The summed E-state index contributed by atoms with van der Waals surface area (Å²) in [5.74, 6) is -0.232. The van der Waals surface area contributed by atoms with Crippen LogP contribution in [-0.2, 0) is 6.42 Å². The van der Waals surface area contributed by atoms with E-state index in [-0.39, 0.29) is 11.6 Å². The Morgan fingerprint density at radius 2 is 1.67 bits per heavy atom. The molecule has 0 aromatic heterocycles. The topological polar surface area (TPSA) is 17.1 Å². The first-order valence-electron chi connectivity index (χ1n) is 5.61. The van der Waals surface area contributed by atoms with Gasteiger partial charge in [-0.05, 0) is 36.1 Å². The Hall–Kier alpha value is -1.61. The third-order valence-corrected chi connectivity index (χ3v) is 3.43. The van der Waals surface area contributed by atoms with Crippen molar-refractivity contribution in [3.63, 3.8) is 0 Å². The number of Topliss-reactive ketones (excluding diaryl/α,β-unsaturated/α-hetero) is 1. The number of thioether (sulfide) groups is 1. The molecule has 2 aromatic rings. The highest BCUT2D eigenvalue weighted by molar-refractivity contribution is 7.98. The summed E-state index contributed by atoms with van der Waals surface area (Å²) in [5.41, 5.74) is 1.52. The van der Waals surface area contributed by atoms with Gasteiger partial charge >= 0.3 is 0 Å². The molecule has 0 N–H and O–H groups in total. The Kier molecular flexibility index (Phi) is 4.15. The number of benzene rings is 2. The molecule has 0 fully saturated rings. The first-order chi connectivity index (χ1) is 8.69. The van der Waals surface area contributed by atoms with Crippen molar-refractivity contribution < 1.29 is 9.18 Å². The van der Waals surface area contributed by atoms with E-state index in [2.05, 4.69) is 0 Å². The summed E-state index contributed by atoms with van der Waals surface area (Å²) in [6.07, 6.45) is 2.30. The molecular formula is C15H13FOS. The number of ketones is 1. The largest absolute Gasteiger partial charge is 0.294 e. The molecule has 2 aromatic carbocycles. The fraction of sp³-hybridized carbons (Fsp3) is 0.133. The molecule has 0 heterocycles. The molecule has 0 unspecified atom stereocenters. The van der Waals surface area contributed by atoms with Crippen LogP contribution in [0.5, 0.6) is 0 Å². The number of rotatable bonds is 4. The maximum atomic E-state index is 12.7. The molecule has 0 saturated heterocycles. The van der Waals surface area contributed by atoms with Crippen molar-refractivity contribution in [1.82, 2.24) is 0 Å². The molecule has 0 atom stereocenters. The average Bonchev–Trinajstić information content (AvgIpc) is 2.41. The van der Waals surface area contributed by atoms with Gasteiger partial charge in [0.25, 0.3) is 0 Å². The van der Waals surface area contributed by atoms with Crippen LogP contribution in [-0.4, -0.2) is 12.0 Å². The molecule has 0 amide bonds. The quantitative estimate of drug-likeness (QED) is 0.611. The fourth-order valence-corrected chi connectivity index (χ4v) is 2.07. The summed E-state index contributed by atoms with van der Waals surface area (Å²) >= 11 is 1.64. The summed E-state index contributed by atoms with van der Waals surface area (Å²) in [6, 6.07) is 13.6. The molecule has 0 bridgehead atoms. The molecule has 92 valence electrons. The van der Waals surface area contributed by atoms with Gasteiger partial charge in [-0.3, -0.25) is 4.79 Å². The van der Waals surface area contributed by atoms with Crippen molar-refractivity contribution in [3.05, 3.63) is 65.5 Å². The number of carbonyl (C=O) groups is 1. The van der Waals surface area contributed by atoms with E-state index in [9.17, 15) is 9.18 Å². The number of halogens is 1. The van der Waals surface area contributed by atoms with Crippen LogP contribution in [0, 0.1) is 5.82 Å². The smallest absolute Gasteiger partial charge is 0.167 e. The lowest BCUT2D eigenvalue weighted by atomic mass is 10.0. The molecule has 3 heteroatoms. The Labute approximate surface area is 110 Å². The maximum absolute atomic E-state index is 12.7. The van der Waals surface area contributed by atoms with Gasteiger partial charge in [-0.2, -0.15) is 0 Å². The normalized spacial score (nSPS) is 10.3. The summed E-state index contributed by atoms with van der Waals surface area (Å²) in [6.45, 7) is 0. The molecule has 18 heavy (non-hydrogen) atoms. The number of carbonyl (C=O) groups excluding carboxylic acids is 1. The van der Waals surface area contributed by atoms with Crippen molar-refractivity contribution in [1.29, 1.82) is 0 Å². The number of hydrogen-bond donors (Lipinski definition) is 0. The molecule has 0 aliphatic rings. The van der Waals surface area contributed by atoms with Gasteiger partial charge < -0.3 is 0 Å². The minimum absolute atomic E-state index is 0.0502. The lowest BCUT2D eigenvalue weighted by molar-refractivity contribution is 0.0993. The van der Waals surface area contributed by atoms with Crippen LogP contribution in [0.15, 0.2) is 53.4 Å². The Bertz CT molecular complexity index is 531. The van der Waals surface area contributed by atoms with Crippen LogP contribution in [0.1, 0.15) is 15.9 Å². The third-order valence-electron chi connectivity index (χ3n) is 2.69. The van der Waals surface area contributed by atoms with Crippen LogP contribution in [0.3, 0.4) is 0 Å². The Balaban J connectivity index is 2.09. The van der Waals surface area contributed by atoms with Crippen molar-refractivity contribution in [2.75, 3.05) is 6.26 Å². The molecule has 0 spiro atoms. The third kappa shape index (κ3) is 3.20. The van der Waals surface area contributed by atoms with Crippen molar-refractivity contribution in [2.24, 2.45) is 0 Å². The van der Waals surface area contributed by atoms with Gasteiger partial charge in [0, 0.05) is 16.9 Å². The minimum Gasteiger partial charge on any atom is -0.294 e. The summed E-state index contributed by atoms with van der Waals surface area (Å²) in [4.78, 5) is 13.1. The van der Waals surface area contributed by atoms with Gasteiger partial charge in [-0.25, -0.2) is 4.39 Å². The van der Waals surface area contributed by atoms with Gasteiger partial charge in [0.2, 0.25) is 0 Å². The lowest BCUT2D eigenvalue weighted by Gasteiger charge is -2.03. The van der Waals surface area contributed by atoms with Gasteiger partial charge in [0.05, 0.1) is 0 Å². The molecule has 2 rings (SSSR count). The van der Waals surface area contributed by atoms with E-state index in [0.29, 0.717) is 12.0 Å². The van der Waals surface area contributed by atoms with Crippen LogP contribution in [0.2, 0.25) is 0 Å². The minimum atomic E-state index is -0.282. The van der Waals surface area contributed by atoms with Gasteiger partial charge in [-0.15, -0.1) is 11.8 Å². The van der Waals surface area contributed by atoms with Gasteiger partial charge in [0.1, 0.15) is 5.82 Å². The first-order valence-corrected chi connectivity index (χ1v) is 6.83. The van der Waals surface area contributed by atoms with Gasteiger partial charge in [0.15, 0.2) is 5.78 Å². The summed E-state index contributed by atoms with van der Waals surface area (Å²) in [7, 11) is 0. The standard InChI is InChI=1S/C15H13FOS/c1-18-14-8-4-12(5-9-14)15(17)10-11-2-6-13(16)7-3-11/h2-9H,10H2,1H3. The average molecular weight is 260 g/mol. The van der Waals surface area contributed by atoms with Crippen LogP contribution >= 0.6 is 11.8 Å². The highest BCUT2D eigenvalue weighted by atomic mass is 32.2. The van der Waals surface area contributed by atoms with E-state index in [1.165, 1.54) is 12.1 Å². The Morgan fingerprint density at radius 1 is 1.06 bits per heavy atom. The van der Waals surface area contributed by atoms with E-state index in [1.54, 1.807) is 23.9 Å². The van der Waals surface area contributed by atoms with Crippen LogP contribution < -0.4 is 0 Å². The summed E-state index contributed by atoms with van der Waals surface area (Å²) < 4.78 is 12.7. The second kappa shape index (κ2) is 5.83. The van der Waals surface area contributed by atoms with E-state index in [4.69, 9.17) is 0 Å². The first kappa shape index (κ1) is 12.8. The van der Waals surface area contributed by atoms with E-state index >= 15 is 0 Å². The number of hydrogen-bond acceptors (Lipinski definition) is 2. The van der Waals surface area contributed by atoms with Crippen molar-refractivity contribution in [3.8, 4) is 0 Å². The van der Waals surface area contributed by atoms with E-state index in [1.807, 2.05) is 30.5 Å². The molecule has 0 saturated carbocycles. The zero-order valence-electron chi connectivity index (χ0n) is 10.0. The van der Waals surface area contributed by atoms with E-state index < -0.39 is 0 Å². The molecule has 0 aliphatic carbocycles. The maximum Gasteiger partial charge on any atom is 0.167 e. The molecule has 0 aliphatic heterocycles. The SMILES string of the molecule is CSc1ccc(C(=O)Cc2ccc(F)cc2)cc1. The van der Waals surface area contributed by atoms with Crippen LogP contribution in [0.4, 0.5) is 4.39 Å².